The normalized spacial score (nSPS) is 12.2. The van der Waals surface area contributed by atoms with Gasteiger partial charge in [-0.3, -0.25) is 4.79 Å². The molecule has 1 atom stereocenters. The van der Waals surface area contributed by atoms with Gasteiger partial charge in [0.05, 0.1) is 25.8 Å². The monoisotopic (exact) mass is 417 g/mol. The molecule has 0 fully saturated rings. The molecule has 0 saturated carbocycles. The van der Waals surface area contributed by atoms with Crippen LogP contribution in [0.4, 0.5) is 0 Å². The maximum absolute atomic E-state index is 12.2. The fourth-order valence-electron chi connectivity index (χ4n) is 1.82. The van der Waals surface area contributed by atoms with Crippen molar-refractivity contribution in [2.24, 2.45) is 0 Å². The summed E-state index contributed by atoms with van der Waals surface area (Å²) in [7, 11) is 0. The Morgan fingerprint density at radius 3 is 2.55 bits per heavy atom. The molecule has 6 heteroatoms. The van der Waals surface area contributed by atoms with E-state index >= 15 is 0 Å². The first-order valence-electron chi connectivity index (χ1n) is 6.00. The maximum Gasteiger partial charge on any atom is 0.253 e. The summed E-state index contributed by atoms with van der Waals surface area (Å²) in [5.41, 5.74) is 1.66. The van der Waals surface area contributed by atoms with Gasteiger partial charge in [-0.25, -0.2) is 0 Å². The Labute approximate surface area is 138 Å². The zero-order valence-corrected chi connectivity index (χ0v) is 14.5. The Balaban J connectivity index is 2.03. The van der Waals surface area contributed by atoms with Gasteiger partial charge in [-0.2, -0.15) is 0 Å². The van der Waals surface area contributed by atoms with Gasteiger partial charge in [-0.15, -0.1) is 11.3 Å². The molecule has 1 aromatic heterocycles. The average Bonchev–Trinajstić information content (AvgIpc) is 2.78. The van der Waals surface area contributed by atoms with Gasteiger partial charge in [-0.1, -0.05) is 30.3 Å². The van der Waals surface area contributed by atoms with Crippen LogP contribution in [0, 0.1) is 0 Å². The van der Waals surface area contributed by atoms with E-state index in [1.807, 2.05) is 30.3 Å². The first kappa shape index (κ1) is 15.7. The lowest BCUT2D eigenvalue weighted by atomic mass is 10.1. The summed E-state index contributed by atoms with van der Waals surface area (Å²) < 4.78 is 1.66. The lowest BCUT2D eigenvalue weighted by Crippen LogP contribution is -2.39. The zero-order chi connectivity index (χ0) is 14.5. The SMILES string of the molecule is O=C(N[C@H](CO)Cc1ccccc1)c1cc(Br)sc1Br. The molecule has 0 aliphatic rings. The van der Waals surface area contributed by atoms with Crippen LogP contribution >= 0.6 is 43.2 Å². The first-order chi connectivity index (χ1) is 9.60. The van der Waals surface area contributed by atoms with E-state index in [0.717, 1.165) is 13.1 Å². The number of amides is 1. The van der Waals surface area contributed by atoms with E-state index in [1.54, 1.807) is 6.07 Å². The number of hydrogen-bond acceptors (Lipinski definition) is 3. The van der Waals surface area contributed by atoms with Gasteiger partial charge in [0.1, 0.15) is 0 Å². The van der Waals surface area contributed by atoms with Crippen LogP contribution in [0.1, 0.15) is 15.9 Å². The minimum atomic E-state index is -0.296. The molecule has 0 spiro atoms. The van der Waals surface area contributed by atoms with Gasteiger partial charge in [0.25, 0.3) is 5.91 Å². The van der Waals surface area contributed by atoms with E-state index in [1.165, 1.54) is 11.3 Å². The Hall–Kier alpha value is -0.690. The van der Waals surface area contributed by atoms with E-state index in [4.69, 9.17) is 0 Å². The van der Waals surface area contributed by atoms with Crippen molar-refractivity contribution in [3.8, 4) is 0 Å². The number of hydrogen-bond donors (Lipinski definition) is 2. The van der Waals surface area contributed by atoms with Gasteiger partial charge in [0, 0.05) is 0 Å². The lowest BCUT2D eigenvalue weighted by Gasteiger charge is -2.16. The van der Waals surface area contributed by atoms with E-state index < -0.39 is 0 Å². The molecule has 0 unspecified atom stereocenters. The van der Waals surface area contributed by atoms with Crippen molar-refractivity contribution in [1.82, 2.24) is 5.32 Å². The second kappa shape index (κ2) is 7.36. The number of carbonyl (C=O) groups excluding carboxylic acids is 1. The van der Waals surface area contributed by atoms with Crippen LogP contribution in [0.3, 0.4) is 0 Å². The van der Waals surface area contributed by atoms with E-state index in [9.17, 15) is 9.90 Å². The molecule has 0 saturated heterocycles. The Bertz CT molecular complexity index is 586. The molecule has 3 nitrogen and oxygen atoms in total. The van der Waals surface area contributed by atoms with E-state index in [2.05, 4.69) is 37.2 Å². The highest BCUT2D eigenvalue weighted by atomic mass is 79.9. The van der Waals surface area contributed by atoms with Gasteiger partial charge in [0.15, 0.2) is 0 Å². The van der Waals surface area contributed by atoms with Crippen molar-refractivity contribution in [2.45, 2.75) is 12.5 Å². The fraction of sp³-hybridized carbons (Fsp3) is 0.214. The van der Waals surface area contributed by atoms with Gasteiger partial charge >= 0.3 is 0 Å². The quantitative estimate of drug-likeness (QED) is 0.779. The van der Waals surface area contributed by atoms with Crippen molar-refractivity contribution in [2.75, 3.05) is 6.61 Å². The van der Waals surface area contributed by atoms with Crippen molar-refractivity contribution in [3.05, 3.63) is 55.1 Å². The summed E-state index contributed by atoms with van der Waals surface area (Å²) in [4.78, 5) is 12.2. The molecule has 0 aliphatic heterocycles. The topological polar surface area (TPSA) is 49.3 Å². The van der Waals surface area contributed by atoms with Crippen molar-refractivity contribution in [1.29, 1.82) is 0 Å². The van der Waals surface area contributed by atoms with Crippen molar-refractivity contribution in [3.63, 3.8) is 0 Å². The van der Waals surface area contributed by atoms with Gasteiger partial charge in [-0.05, 0) is 49.9 Å². The molecule has 0 radical (unpaired) electrons. The van der Waals surface area contributed by atoms with Crippen LogP contribution in [0.25, 0.3) is 0 Å². The van der Waals surface area contributed by atoms with E-state index in [0.29, 0.717) is 12.0 Å². The highest BCUT2D eigenvalue weighted by molar-refractivity contribution is 9.12. The third kappa shape index (κ3) is 4.15. The summed E-state index contributed by atoms with van der Waals surface area (Å²) in [6.07, 6.45) is 0.603. The smallest absolute Gasteiger partial charge is 0.253 e. The Morgan fingerprint density at radius 1 is 1.30 bits per heavy atom. The predicted molar refractivity (Wildman–Crippen MR) is 88.2 cm³/mol. The summed E-state index contributed by atoms with van der Waals surface area (Å²) >= 11 is 8.16. The number of aliphatic hydroxyl groups is 1. The van der Waals surface area contributed by atoms with Crippen LogP contribution in [0.2, 0.25) is 0 Å². The molecule has 20 heavy (non-hydrogen) atoms. The third-order valence-electron chi connectivity index (χ3n) is 2.78. The maximum atomic E-state index is 12.2. The van der Waals surface area contributed by atoms with Crippen molar-refractivity contribution >= 4 is 49.1 Å². The number of halogens is 2. The highest BCUT2D eigenvalue weighted by Gasteiger charge is 2.17. The van der Waals surface area contributed by atoms with Crippen LogP contribution in [-0.4, -0.2) is 23.7 Å². The number of nitrogens with one attached hydrogen (secondary N) is 1. The van der Waals surface area contributed by atoms with Crippen molar-refractivity contribution < 1.29 is 9.90 Å². The molecule has 1 amide bonds. The predicted octanol–water partition coefficient (Wildman–Crippen LogP) is 3.61. The molecule has 0 bridgehead atoms. The largest absolute Gasteiger partial charge is 0.394 e. The summed E-state index contributed by atoms with van der Waals surface area (Å²) in [5, 5.41) is 12.3. The van der Waals surface area contributed by atoms with Crippen LogP contribution < -0.4 is 5.32 Å². The molecule has 0 aliphatic carbocycles. The zero-order valence-electron chi connectivity index (χ0n) is 10.5. The Kier molecular flexibility index (Phi) is 5.77. The van der Waals surface area contributed by atoms with Gasteiger partial charge in [0.2, 0.25) is 0 Å². The molecular formula is C14H13Br2NO2S. The molecule has 2 rings (SSSR count). The molecule has 1 aromatic carbocycles. The average molecular weight is 419 g/mol. The molecule has 1 heterocycles. The molecule has 2 N–H and O–H groups in total. The minimum Gasteiger partial charge on any atom is -0.394 e. The Morgan fingerprint density at radius 2 is 2.00 bits per heavy atom. The number of benzene rings is 1. The van der Waals surface area contributed by atoms with Crippen LogP contribution in [0.15, 0.2) is 44.0 Å². The van der Waals surface area contributed by atoms with E-state index in [-0.39, 0.29) is 18.6 Å². The molecule has 106 valence electrons. The fourth-order valence-corrected chi connectivity index (χ4v) is 4.61. The molecule has 2 aromatic rings. The highest BCUT2D eigenvalue weighted by Crippen LogP contribution is 2.31. The standard InChI is InChI=1S/C14H13Br2NO2S/c15-12-7-11(13(16)20-12)14(19)17-10(8-18)6-9-4-2-1-3-5-9/h1-5,7,10,18H,6,8H2,(H,17,19)/t10-/m0/s1. The molecular weight excluding hydrogens is 406 g/mol. The second-order valence-corrected chi connectivity index (χ2v) is 8.03. The summed E-state index contributed by atoms with van der Waals surface area (Å²) in [6.45, 7) is -0.0937. The second-order valence-electron chi connectivity index (χ2n) is 4.28. The number of rotatable bonds is 5. The minimum absolute atomic E-state index is 0.0937. The number of aliphatic hydroxyl groups excluding tert-OH is 1. The number of thiophene rings is 1. The van der Waals surface area contributed by atoms with Crippen LogP contribution in [-0.2, 0) is 6.42 Å². The van der Waals surface area contributed by atoms with Gasteiger partial charge < -0.3 is 10.4 Å². The third-order valence-corrected chi connectivity index (χ3v) is 5.12. The summed E-state index contributed by atoms with van der Waals surface area (Å²) in [5.74, 6) is -0.186. The number of carbonyl (C=O) groups is 1. The first-order valence-corrected chi connectivity index (χ1v) is 8.41. The lowest BCUT2D eigenvalue weighted by molar-refractivity contribution is 0.0916. The van der Waals surface area contributed by atoms with Crippen LogP contribution in [0.5, 0.6) is 0 Å². The summed E-state index contributed by atoms with van der Waals surface area (Å²) in [6, 6.07) is 11.3.